The van der Waals surface area contributed by atoms with Crippen LogP contribution in [0, 0.1) is 17.2 Å². The van der Waals surface area contributed by atoms with Gasteiger partial charge in [0.15, 0.2) is 0 Å². The number of unbranched alkanes of at least 4 members (excludes halogenated alkanes) is 15. The van der Waals surface area contributed by atoms with Gasteiger partial charge in [-0.15, -0.1) is 0 Å². The second-order valence-electron chi connectivity index (χ2n) is 10.1. The molecule has 0 saturated carbocycles. The number of ether oxygens (including phenoxy) is 2. The maximum absolute atomic E-state index is 12.4. The maximum atomic E-state index is 12.4. The van der Waals surface area contributed by atoms with Crippen LogP contribution in [-0.2, 0) is 20.7 Å². The summed E-state index contributed by atoms with van der Waals surface area (Å²) in [7, 11) is 0. The van der Waals surface area contributed by atoms with Crippen molar-refractivity contribution in [3.8, 4) is 11.8 Å². The molecule has 1 aromatic carbocycles. The molecule has 0 spiro atoms. The Morgan fingerprint density at radius 3 is 1.67 bits per heavy atom. The first-order chi connectivity index (χ1) is 18.8. The van der Waals surface area contributed by atoms with Gasteiger partial charge < -0.3 is 9.47 Å². The summed E-state index contributed by atoms with van der Waals surface area (Å²) in [5.74, 6) is -5.68. The van der Waals surface area contributed by atoms with Crippen LogP contribution in [-0.4, -0.2) is 31.1 Å². The number of carbonyl (C=O) groups excluding carboxylic acids is 2. The van der Waals surface area contributed by atoms with E-state index in [0.29, 0.717) is 6.61 Å². The predicted octanol–water partition coefficient (Wildman–Crippen LogP) is 8.68. The molecule has 0 bridgehead atoms. The van der Waals surface area contributed by atoms with Crippen LogP contribution in [0.15, 0.2) is 24.3 Å². The van der Waals surface area contributed by atoms with Gasteiger partial charge in [0.25, 0.3) is 5.78 Å². The Morgan fingerprint density at radius 1 is 0.769 bits per heavy atom. The molecule has 220 valence electrons. The van der Waals surface area contributed by atoms with E-state index in [1.807, 2.05) is 0 Å². The van der Waals surface area contributed by atoms with E-state index in [2.05, 4.69) is 6.92 Å². The van der Waals surface area contributed by atoms with Gasteiger partial charge in [-0.1, -0.05) is 115 Å². The third kappa shape index (κ3) is 16.9. The van der Waals surface area contributed by atoms with Crippen LogP contribution in [0.5, 0.6) is 5.75 Å². The summed E-state index contributed by atoms with van der Waals surface area (Å²) in [5, 5.41) is 8.71. The normalized spacial score (nSPS) is 12.1. The zero-order valence-corrected chi connectivity index (χ0v) is 23.5. The van der Waals surface area contributed by atoms with Crippen molar-refractivity contribution in [1.82, 2.24) is 0 Å². The first-order valence-electron chi connectivity index (χ1n) is 14.7. The van der Waals surface area contributed by atoms with E-state index < -0.39 is 23.8 Å². The number of hydrogen-bond acceptors (Lipinski definition) is 5. The Hall–Kier alpha value is -2.56. The molecule has 1 unspecified atom stereocenters. The highest BCUT2D eigenvalue weighted by molar-refractivity contribution is 6.04. The van der Waals surface area contributed by atoms with Crippen molar-refractivity contribution in [2.45, 2.75) is 122 Å². The first-order valence-corrected chi connectivity index (χ1v) is 14.7. The summed E-state index contributed by atoms with van der Waals surface area (Å²) in [4.78, 5) is 22.8. The highest BCUT2D eigenvalue weighted by atomic mass is 19.4. The summed E-state index contributed by atoms with van der Waals surface area (Å²) in [5.41, 5.74) is 0.785. The third-order valence-corrected chi connectivity index (χ3v) is 6.73. The molecule has 0 saturated heterocycles. The summed E-state index contributed by atoms with van der Waals surface area (Å²) < 4.78 is 47.7. The van der Waals surface area contributed by atoms with Gasteiger partial charge >= 0.3 is 12.1 Å². The van der Waals surface area contributed by atoms with Gasteiger partial charge in [0.1, 0.15) is 5.75 Å². The number of alkyl halides is 3. The molecule has 1 rings (SSSR count). The van der Waals surface area contributed by atoms with Crippen LogP contribution in [0.3, 0.4) is 0 Å². The summed E-state index contributed by atoms with van der Waals surface area (Å²) >= 11 is 0. The Balaban J connectivity index is 2.02. The number of esters is 1. The third-order valence-electron chi connectivity index (χ3n) is 6.73. The van der Waals surface area contributed by atoms with E-state index in [4.69, 9.17) is 14.7 Å². The number of rotatable bonds is 23. The SMILES string of the molecule is CCCCCCCCCCCCCCCCCCOc1ccc(CCOC(=O)C(C#N)C(=O)C(F)(F)F)cc1. The van der Waals surface area contributed by atoms with E-state index in [-0.39, 0.29) is 13.0 Å². The van der Waals surface area contributed by atoms with Crippen molar-refractivity contribution < 1.29 is 32.2 Å². The van der Waals surface area contributed by atoms with Crippen molar-refractivity contribution in [3.05, 3.63) is 29.8 Å². The number of Topliss-reactive ketones (excluding diaryl/α,β-unsaturated/α-hetero) is 1. The van der Waals surface area contributed by atoms with Crippen LogP contribution in [0.4, 0.5) is 13.2 Å². The zero-order chi connectivity index (χ0) is 28.8. The number of carbonyl (C=O) groups is 2. The minimum Gasteiger partial charge on any atom is -0.494 e. The Labute approximate surface area is 232 Å². The minimum absolute atomic E-state index is 0.235. The number of hydrogen-bond donors (Lipinski definition) is 0. The second kappa shape index (κ2) is 21.3. The topological polar surface area (TPSA) is 76.4 Å². The van der Waals surface area contributed by atoms with E-state index in [9.17, 15) is 22.8 Å². The van der Waals surface area contributed by atoms with E-state index >= 15 is 0 Å². The lowest BCUT2D eigenvalue weighted by Gasteiger charge is -2.11. The van der Waals surface area contributed by atoms with Crippen molar-refractivity contribution >= 4 is 11.8 Å². The van der Waals surface area contributed by atoms with Gasteiger partial charge in [-0.2, -0.15) is 18.4 Å². The van der Waals surface area contributed by atoms with Gasteiger partial charge in [-0.3, -0.25) is 9.59 Å². The molecule has 0 amide bonds. The molecule has 0 aliphatic heterocycles. The van der Waals surface area contributed by atoms with Crippen LogP contribution in [0.2, 0.25) is 0 Å². The quantitative estimate of drug-likeness (QED) is 0.0770. The summed E-state index contributed by atoms with van der Waals surface area (Å²) in [6, 6.07) is 8.19. The largest absolute Gasteiger partial charge is 0.494 e. The van der Waals surface area contributed by atoms with Crippen molar-refractivity contribution in [3.63, 3.8) is 0 Å². The first kappa shape index (κ1) is 34.5. The van der Waals surface area contributed by atoms with Crippen LogP contribution < -0.4 is 4.74 Å². The zero-order valence-electron chi connectivity index (χ0n) is 23.5. The molecule has 8 heteroatoms. The fraction of sp³-hybridized carbons (Fsp3) is 0.710. The average molecular weight is 554 g/mol. The Kier molecular flexibility index (Phi) is 18.8. The van der Waals surface area contributed by atoms with E-state index in [1.165, 1.54) is 89.9 Å². The molecule has 39 heavy (non-hydrogen) atoms. The lowest BCUT2D eigenvalue weighted by Crippen LogP contribution is -2.35. The molecule has 0 aliphatic carbocycles. The molecule has 0 aromatic heterocycles. The molecule has 1 atom stereocenters. The smallest absolute Gasteiger partial charge is 0.452 e. The maximum Gasteiger partial charge on any atom is 0.452 e. The number of nitrogens with zero attached hydrogens (tertiary/aromatic N) is 1. The van der Waals surface area contributed by atoms with E-state index in [0.717, 1.165) is 30.2 Å². The molecular weight excluding hydrogens is 507 g/mol. The highest BCUT2D eigenvalue weighted by Crippen LogP contribution is 2.22. The van der Waals surface area contributed by atoms with Gasteiger partial charge in [0, 0.05) is 6.42 Å². The predicted molar refractivity (Wildman–Crippen MR) is 146 cm³/mol. The number of halogens is 3. The van der Waals surface area contributed by atoms with Crippen LogP contribution in [0.25, 0.3) is 0 Å². The van der Waals surface area contributed by atoms with Crippen molar-refractivity contribution in [2.75, 3.05) is 13.2 Å². The molecule has 5 nitrogen and oxygen atoms in total. The van der Waals surface area contributed by atoms with Crippen LogP contribution in [0.1, 0.15) is 115 Å². The highest BCUT2D eigenvalue weighted by Gasteiger charge is 2.47. The number of nitriles is 1. The second-order valence-corrected chi connectivity index (χ2v) is 10.1. The van der Waals surface area contributed by atoms with Gasteiger partial charge in [0.2, 0.25) is 5.92 Å². The fourth-order valence-electron chi connectivity index (χ4n) is 4.33. The number of benzene rings is 1. The van der Waals surface area contributed by atoms with Gasteiger partial charge in [0.05, 0.1) is 19.3 Å². The summed E-state index contributed by atoms with van der Waals surface area (Å²) in [6.07, 6.45) is 16.1. The monoisotopic (exact) mass is 553 g/mol. The van der Waals surface area contributed by atoms with Crippen molar-refractivity contribution in [2.24, 2.45) is 5.92 Å². The Bertz CT molecular complexity index is 834. The summed E-state index contributed by atoms with van der Waals surface area (Å²) in [6.45, 7) is 2.66. The lowest BCUT2D eigenvalue weighted by atomic mass is 10.0. The average Bonchev–Trinajstić information content (AvgIpc) is 2.91. The molecule has 0 fully saturated rings. The minimum atomic E-state index is -5.26. The van der Waals surface area contributed by atoms with Crippen LogP contribution >= 0.6 is 0 Å². The molecule has 1 aromatic rings. The standard InChI is InChI=1S/C31H46F3NO4/c1-2-3-4-5-6-7-8-9-10-11-12-13-14-15-16-17-23-38-27-20-18-26(19-21-27)22-24-39-30(37)28(25-35)29(36)31(32,33)34/h18-21,28H,2-17,22-24H2,1H3. The van der Waals surface area contributed by atoms with Gasteiger partial charge in [-0.25, -0.2) is 0 Å². The fourth-order valence-corrected chi connectivity index (χ4v) is 4.33. The molecule has 0 radical (unpaired) electrons. The van der Waals surface area contributed by atoms with E-state index in [1.54, 1.807) is 24.3 Å². The molecule has 0 N–H and O–H groups in total. The molecule has 0 heterocycles. The lowest BCUT2D eigenvalue weighted by molar-refractivity contribution is -0.178. The molecular formula is C31H46F3NO4. The number of ketones is 1. The molecule has 0 aliphatic rings. The Morgan fingerprint density at radius 2 is 1.23 bits per heavy atom. The van der Waals surface area contributed by atoms with Crippen molar-refractivity contribution in [1.29, 1.82) is 5.26 Å². The van der Waals surface area contributed by atoms with Gasteiger partial charge in [-0.05, 0) is 24.1 Å².